The van der Waals surface area contributed by atoms with E-state index < -0.39 is 87.5 Å². The lowest BCUT2D eigenvalue weighted by Crippen LogP contribution is -2.47. The fraction of sp³-hybridized carbons (Fsp3) is 0.273. The van der Waals surface area contributed by atoms with Gasteiger partial charge in [-0.25, -0.2) is 10.2 Å². The monoisotopic (exact) mass is 647 g/mol. The molecule has 0 heterocycles. The van der Waals surface area contributed by atoms with Crippen molar-refractivity contribution in [3.63, 3.8) is 0 Å². The zero-order valence-corrected chi connectivity index (χ0v) is 21.5. The molecule has 3 N–H and O–H groups in total. The molecule has 0 saturated carbocycles. The van der Waals surface area contributed by atoms with Crippen LogP contribution in [0.15, 0.2) is 36.4 Å². The van der Waals surface area contributed by atoms with E-state index in [0.717, 1.165) is 12.1 Å². The first-order chi connectivity index (χ1) is 18.1. The van der Waals surface area contributed by atoms with Gasteiger partial charge in [0, 0.05) is 5.56 Å². The minimum absolute atomic E-state index is 0.0197. The molecule has 0 aliphatic rings. The summed E-state index contributed by atoms with van der Waals surface area (Å²) in [7, 11) is 0. The molecule has 2 aromatic rings. The number of hydrogen-bond acceptors (Lipinski definition) is 3. The van der Waals surface area contributed by atoms with Crippen molar-refractivity contribution in [2.24, 2.45) is 5.84 Å². The van der Waals surface area contributed by atoms with Crippen LogP contribution in [0.3, 0.4) is 0 Å². The van der Waals surface area contributed by atoms with Crippen molar-refractivity contribution < 1.29 is 53.5 Å². The van der Waals surface area contributed by atoms with Crippen LogP contribution < -0.4 is 11.2 Å². The summed E-state index contributed by atoms with van der Waals surface area (Å²) in [5.74, 6) is -2.46. The van der Waals surface area contributed by atoms with Gasteiger partial charge >= 0.3 is 18.5 Å². The van der Waals surface area contributed by atoms with Gasteiger partial charge in [-0.15, -0.1) is 0 Å². The number of hydrogen-bond donors (Lipinski definition) is 2. The van der Waals surface area contributed by atoms with Gasteiger partial charge in [0.1, 0.15) is 24.8 Å². The lowest BCUT2D eigenvalue weighted by molar-refractivity contribution is -0.140. The summed E-state index contributed by atoms with van der Waals surface area (Å²) in [6, 6.07) is 2.40. The van der Waals surface area contributed by atoms with Crippen LogP contribution in [0.2, 0.25) is 15.1 Å². The first-order valence-electron chi connectivity index (χ1n) is 10.3. The summed E-state index contributed by atoms with van der Waals surface area (Å²) in [4.78, 5) is 24.0. The topological polar surface area (TPSA) is 75.4 Å². The van der Waals surface area contributed by atoms with Crippen molar-refractivity contribution in [1.29, 1.82) is 0 Å². The van der Waals surface area contributed by atoms with Crippen LogP contribution in [0.1, 0.15) is 33.0 Å². The number of benzene rings is 2. The smallest absolute Gasteiger partial charge is 0.345 e. The van der Waals surface area contributed by atoms with Gasteiger partial charge in [0.05, 0.1) is 26.2 Å². The van der Waals surface area contributed by atoms with E-state index in [-0.39, 0.29) is 22.2 Å². The first-order valence-corrected chi connectivity index (χ1v) is 11.4. The van der Waals surface area contributed by atoms with Crippen molar-refractivity contribution in [3.05, 3.63) is 73.7 Å². The molecule has 0 aromatic heterocycles. The van der Waals surface area contributed by atoms with Gasteiger partial charge in [0.15, 0.2) is 0 Å². The third-order valence-corrected chi connectivity index (χ3v) is 6.12. The number of allylic oxidation sites excluding steroid dienone is 1. The van der Waals surface area contributed by atoms with Crippen LogP contribution in [0.5, 0.6) is 0 Å². The molecular weight excluding hydrogens is 635 g/mol. The Morgan fingerprint density at radius 2 is 1.50 bits per heavy atom. The molecule has 2 aromatic carbocycles. The van der Waals surface area contributed by atoms with Gasteiger partial charge < -0.3 is 5.32 Å². The highest BCUT2D eigenvalue weighted by Crippen LogP contribution is 2.43. The van der Waals surface area contributed by atoms with E-state index in [4.69, 9.17) is 40.6 Å². The van der Waals surface area contributed by atoms with E-state index in [1.807, 2.05) is 0 Å². The maximum atomic E-state index is 14.9. The summed E-state index contributed by atoms with van der Waals surface area (Å²) in [6.45, 7) is -3.10. The van der Waals surface area contributed by atoms with Crippen LogP contribution in [-0.4, -0.2) is 42.3 Å². The average Bonchev–Trinajstić information content (AvgIpc) is 2.81. The fourth-order valence-electron chi connectivity index (χ4n) is 3.13. The van der Waals surface area contributed by atoms with E-state index >= 15 is 0 Å². The van der Waals surface area contributed by atoms with Gasteiger partial charge in [0.2, 0.25) is 5.91 Å². The minimum Gasteiger partial charge on any atom is -0.345 e. The van der Waals surface area contributed by atoms with Gasteiger partial charge in [-0.1, -0.05) is 40.9 Å². The first kappa shape index (κ1) is 33.5. The summed E-state index contributed by atoms with van der Waals surface area (Å²) in [5.41, 5.74) is -4.84. The van der Waals surface area contributed by atoms with Crippen molar-refractivity contribution in [2.45, 2.75) is 24.4 Å². The van der Waals surface area contributed by atoms with Crippen LogP contribution in [0.4, 0.5) is 43.9 Å². The molecule has 220 valence electrons. The normalized spacial score (nSPS) is 13.7. The Labute approximate surface area is 233 Å². The Morgan fingerprint density at radius 3 is 1.98 bits per heavy atom. The van der Waals surface area contributed by atoms with Crippen LogP contribution in [0.25, 0.3) is 5.83 Å². The van der Waals surface area contributed by atoms with Gasteiger partial charge in [-0.05, 0) is 35.9 Å². The summed E-state index contributed by atoms with van der Waals surface area (Å²) in [6.07, 6.45) is -15.4. The summed E-state index contributed by atoms with van der Waals surface area (Å²) < 4.78 is 134. The molecule has 0 radical (unpaired) electrons. The molecule has 0 aliphatic heterocycles. The molecule has 0 bridgehead atoms. The second-order valence-corrected chi connectivity index (χ2v) is 9.11. The number of nitrogens with one attached hydrogen (secondary N) is 1. The largest absolute Gasteiger partial charge is 0.417 e. The number of carbonyl (C=O) groups excluding carboxylic acids is 2. The number of halogens is 13. The zero-order valence-electron chi connectivity index (χ0n) is 19.2. The van der Waals surface area contributed by atoms with Crippen LogP contribution >= 0.6 is 34.8 Å². The van der Waals surface area contributed by atoms with Crippen molar-refractivity contribution in [1.82, 2.24) is 10.3 Å². The lowest BCUT2D eigenvalue weighted by Gasteiger charge is -2.21. The van der Waals surface area contributed by atoms with Crippen molar-refractivity contribution >= 4 is 52.4 Å². The number of hydrazine groups is 1. The Bertz CT molecular complexity index is 1290. The molecule has 5 nitrogen and oxygen atoms in total. The number of carbonyl (C=O) groups is 2. The highest BCUT2D eigenvalue weighted by Gasteiger charge is 2.41. The third-order valence-electron chi connectivity index (χ3n) is 4.92. The molecule has 18 heteroatoms. The van der Waals surface area contributed by atoms with Gasteiger partial charge in [0.25, 0.3) is 5.91 Å². The molecular formula is C22H14Cl3F10N3O2. The SMILES string of the molecule is NN(CC(=O)NCC(F)(F)F)C(=O)c1ccc(C(F)=CC(c2cc(Cl)c(Cl)c(Cl)c2)C(F)(F)F)cc1C(F)(F)F. The fourth-order valence-corrected chi connectivity index (χ4v) is 3.74. The molecule has 0 saturated heterocycles. The highest BCUT2D eigenvalue weighted by molar-refractivity contribution is 6.48. The predicted molar refractivity (Wildman–Crippen MR) is 125 cm³/mol. The molecule has 2 amide bonds. The van der Waals surface area contributed by atoms with Crippen LogP contribution in [-0.2, 0) is 11.0 Å². The second-order valence-electron chi connectivity index (χ2n) is 7.92. The van der Waals surface area contributed by atoms with E-state index in [0.29, 0.717) is 12.1 Å². The summed E-state index contributed by atoms with van der Waals surface area (Å²) >= 11 is 17.2. The lowest BCUT2D eigenvalue weighted by atomic mass is 9.95. The third kappa shape index (κ3) is 8.88. The molecule has 1 atom stereocenters. The van der Waals surface area contributed by atoms with E-state index in [1.165, 1.54) is 5.32 Å². The van der Waals surface area contributed by atoms with Gasteiger partial charge in [-0.2, -0.15) is 39.5 Å². The number of alkyl halides is 9. The standard InChI is InChI=1S/C22H14Cl3F10N3O2/c23-14-4-10(5-15(24)18(14)25)12(21(30,31)32)6-16(26)9-1-2-11(13(3-9)22(33,34)35)19(40)38(36)7-17(39)37-8-20(27,28)29/h1-6,12H,7-8,36H2,(H,37,39). The number of nitrogens with zero attached hydrogens (tertiary/aromatic N) is 1. The van der Waals surface area contributed by atoms with Crippen molar-refractivity contribution in [2.75, 3.05) is 13.1 Å². The zero-order chi connectivity index (χ0) is 30.8. The van der Waals surface area contributed by atoms with Gasteiger partial charge in [-0.3, -0.25) is 14.6 Å². The Balaban J connectivity index is 2.47. The number of amides is 2. The van der Waals surface area contributed by atoms with Crippen LogP contribution in [0, 0.1) is 0 Å². The molecule has 1 unspecified atom stereocenters. The summed E-state index contributed by atoms with van der Waals surface area (Å²) in [5, 5.41) is 0.109. The number of nitrogens with two attached hydrogens (primary N) is 1. The van der Waals surface area contributed by atoms with E-state index in [2.05, 4.69) is 0 Å². The maximum absolute atomic E-state index is 14.9. The minimum atomic E-state index is -5.39. The van der Waals surface area contributed by atoms with E-state index in [9.17, 15) is 53.5 Å². The highest BCUT2D eigenvalue weighted by atomic mass is 35.5. The molecule has 2 rings (SSSR count). The Kier molecular flexibility index (Phi) is 10.4. The van der Waals surface area contributed by atoms with Crippen molar-refractivity contribution in [3.8, 4) is 0 Å². The Hall–Kier alpha value is -2.75. The quantitative estimate of drug-likeness (QED) is 0.109. The van der Waals surface area contributed by atoms with E-state index in [1.54, 1.807) is 0 Å². The molecule has 0 spiro atoms. The second kappa shape index (κ2) is 12.4. The maximum Gasteiger partial charge on any atom is 0.417 e. The molecule has 0 fully saturated rings. The average molecular weight is 649 g/mol. The number of rotatable bonds is 7. The predicted octanol–water partition coefficient (Wildman–Crippen LogP) is 7.32. The Morgan fingerprint density at radius 1 is 0.950 bits per heavy atom. The molecule has 0 aliphatic carbocycles. The molecule has 40 heavy (non-hydrogen) atoms.